The molecule has 0 saturated carbocycles. The molecule has 1 aromatic rings. The molecule has 1 aliphatic rings. The van der Waals surface area contributed by atoms with Crippen LogP contribution in [0.15, 0.2) is 18.2 Å². The SMILES string of the molecule is O=C(Cl)Oc1ccc2c(c1)CCCC2. The molecule has 0 aliphatic heterocycles. The van der Waals surface area contributed by atoms with Gasteiger partial charge >= 0.3 is 5.43 Å². The number of rotatable bonds is 1. The van der Waals surface area contributed by atoms with Gasteiger partial charge in [0.05, 0.1) is 0 Å². The Morgan fingerprint density at radius 1 is 1.21 bits per heavy atom. The summed E-state index contributed by atoms with van der Waals surface area (Å²) in [6, 6.07) is 5.73. The van der Waals surface area contributed by atoms with Gasteiger partial charge in [0.1, 0.15) is 5.75 Å². The first kappa shape index (κ1) is 9.53. The molecule has 0 amide bonds. The molecule has 2 nitrogen and oxygen atoms in total. The van der Waals surface area contributed by atoms with Crippen LogP contribution in [0.25, 0.3) is 0 Å². The molecule has 0 N–H and O–H groups in total. The number of hydrogen-bond acceptors (Lipinski definition) is 2. The number of aryl methyl sites for hydroxylation is 2. The molecule has 2 rings (SSSR count). The maximum atomic E-state index is 10.5. The first-order valence-electron chi connectivity index (χ1n) is 4.75. The molecule has 0 bridgehead atoms. The summed E-state index contributed by atoms with van der Waals surface area (Å²) in [5.41, 5.74) is 1.87. The lowest BCUT2D eigenvalue weighted by molar-refractivity contribution is 0.225. The number of halogens is 1. The third-order valence-corrected chi connectivity index (χ3v) is 2.60. The number of benzene rings is 1. The lowest BCUT2D eigenvalue weighted by Gasteiger charge is -2.15. The highest BCUT2D eigenvalue weighted by Crippen LogP contribution is 2.25. The minimum absolute atomic E-state index is 0.547. The Hall–Kier alpha value is -1.02. The van der Waals surface area contributed by atoms with Crippen molar-refractivity contribution in [3.63, 3.8) is 0 Å². The Labute approximate surface area is 87.8 Å². The van der Waals surface area contributed by atoms with Crippen molar-refractivity contribution >= 4 is 17.0 Å². The fourth-order valence-electron chi connectivity index (χ4n) is 1.87. The zero-order valence-electron chi connectivity index (χ0n) is 7.75. The Kier molecular flexibility index (Phi) is 2.73. The summed E-state index contributed by atoms with van der Waals surface area (Å²) >= 11 is 5.13. The molecular formula is C11H11ClO2. The number of carbonyl (C=O) groups is 1. The van der Waals surface area contributed by atoms with Crippen LogP contribution in [0.5, 0.6) is 5.75 Å². The Bertz CT molecular complexity index is 360. The molecule has 0 aromatic heterocycles. The highest BCUT2D eigenvalue weighted by atomic mass is 35.5. The largest absolute Gasteiger partial charge is 0.414 e. The first-order chi connectivity index (χ1) is 6.75. The predicted octanol–water partition coefficient (Wildman–Crippen LogP) is 3.30. The van der Waals surface area contributed by atoms with Crippen LogP contribution in [0.2, 0.25) is 0 Å². The van der Waals surface area contributed by atoms with Gasteiger partial charge in [-0.25, -0.2) is 4.79 Å². The Morgan fingerprint density at radius 3 is 2.64 bits per heavy atom. The van der Waals surface area contributed by atoms with Gasteiger partial charge in [-0.2, -0.15) is 0 Å². The van der Waals surface area contributed by atoms with Crippen LogP contribution in [-0.2, 0) is 12.8 Å². The van der Waals surface area contributed by atoms with Crippen LogP contribution in [0.1, 0.15) is 24.0 Å². The molecule has 1 aliphatic carbocycles. The molecule has 14 heavy (non-hydrogen) atoms. The number of carbonyl (C=O) groups excluding carboxylic acids is 1. The molecule has 0 spiro atoms. The third kappa shape index (κ3) is 2.07. The standard InChI is InChI=1S/C11H11ClO2/c12-11(13)14-10-6-5-8-3-1-2-4-9(8)7-10/h5-7H,1-4H2. The van der Waals surface area contributed by atoms with E-state index >= 15 is 0 Å². The van der Waals surface area contributed by atoms with Crippen molar-refractivity contribution in [1.82, 2.24) is 0 Å². The Morgan fingerprint density at radius 2 is 1.93 bits per heavy atom. The molecule has 0 heterocycles. The first-order valence-corrected chi connectivity index (χ1v) is 5.12. The summed E-state index contributed by atoms with van der Waals surface area (Å²) in [7, 11) is 0. The van der Waals surface area contributed by atoms with Crippen LogP contribution in [0.3, 0.4) is 0 Å². The summed E-state index contributed by atoms with van der Waals surface area (Å²) < 4.78 is 4.81. The van der Waals surface area contributed by atoms with E-state index in [1.807, 2.05) is 12.1 Å². The van der Waals surface area contributed by atoms with Crippen LogP contribution < -0.4 is 4.74 Å². The lowest BCUT2D eigenvalue weighted by Crippen LogP contribution is -2.04. The third-order valence-electron chi connectivity index (χ3n) is 2.52. The zero-order valence-corrected chi connectivity index (χ0v) is 8.51. The van der Waals surface area contributed by atoms with E-state index in [9.17, 15) is 4.79 Å². The van der Waals surface area contributed by atoms with Gasteiger partial charge in [-0.3, -0.25) is 0 Å². The van der Waals surface area contributed by atoms with E-state index in [1.165, 1.54) is 24.0 Å². The molecule has 0 unspecified atom stereocenters. The summed E-state index contributed by atoms with van der Waals surface area (Å²) in [6.07, 6.45) is 4.67. The number of fused-ring (bicyclic) bond motifs is 1. The molecule has 0 radical (unpaired) electrons. The summed E-state index contributed by atoms with van der Waals surface area (Å²) in [5.74, 6) is 0.547. The maximum Gasteiger partial charge on any atom is 0.409 e. The van der Waals surface area contributed by atoms with Crippen molar-refractivity contribution in [3.05, 3.63) is 29.3 Å². The van der Waals surface area contributed by atoms with Gasteiger partial charge in [-0.05, 0) is 48.9 Å². The number of hydrogen-bond donors (Lipinski definition) is 0. The van der Waals surface area contributed by atoms with Gasteiger partial charge in [0.2, 0.25) is 0 Å². The van der Waals surface area contributed by atoms with E-state index in [2.05, 4.69) is 0 Å². The van der Waals surface area contributed by atoms with Crippen LogP contribution in [0.4, 0.5) is 4.79 Å². The lowest BCUT2D eigenvalue weighted by atomic mass is 9.92. The predicted molar refractivity (Wildman–Crippen MR) is 55.0 cm³/mol. The van der Waals surface area contributed by atoms with Crippen LogP contribution >= 0.6 is 11.6 Å². The van der Waals surface area contributed by atoms with Crippen LogP contribution in [-0.4, -0.2) is 5.43 Å². The van der Waals surface area contributed by atoms with Crippen molar-refractivity contribution < 1.29 is 9.53 Å². The minimum atomic E-state index is -0.777. The minimum Gasteiger partial charge on any atom is -0.414 e. The summed E-state index contributed by atoms with van der Waals surface area (Å²) in [5, 5.41) is 0. The van der Waals surface area contributed by atoms with Crippen LogP contribution in [0, 0.1) is 0 Å². The molecule has 74 valence electrons. The highest BCUT2D eigenvalue weighted by Gasteiger charge is 2.10. The normalized spacial score (nSPS) is 14.6. The smallest absolute Gasteiger partial charge is 0.409 e. The van der Waals surface area contributed by atoms with Gasteiger partial charge in [0, 0.05) is 11.6 Å². The molecule has 0 atom stereocenters. The summed E-state index contributed by atoms with van der Waals surface area (Å²) in [6.45, 7) is 0. The second kappa shape index (κ2) is 4.01. The molecule has 0 fully saturated rings. The fourth-order valence-corrected chi connectivity index (χ4v) is 1.96. The maximum absolute atomic E-state index is 10.5. The van der Waals surface area contributed by atoms with Gasteiger partial charge in [0.15, 0.2) is 0 Å². The van der Waals surface area contributed by atoms with Crippen molar-refractivity contribution in [2.75, 3.05) is 0 Å². The van der Waals surface area contributed by atoms with E-state index in [-0.39, 0.29) is 0 Å². The monoisotopic (exact) mass is 210 g/mol. The average Bonchev–Trinajstić information content (AvgIpc) is 2.17. The fraction of sp³-hybridized carbons (Fsp3) is 0.364. The second-order valence-electron chi connectivity index (χ2n) is 3.48. The average molecular weight is 211 g/mol. The van der Waals surface area contributed by atoms with Gasteiger partial charge < -0.3 is 4.74 Å². The van der Waals surface area contributed by atoms with E-state index in [4.69, 9.17) is 16.3 Å². The summed E-state index contributed by atoms with van der Waals surface area (Å²) in [4.78, 5) is 10.5. The van der Waals surface area contributed by atoms with E-state index in [0.29, 0.717) is 5.75 Å². The number of ether oxygens (including phenoxy) is 1. The van der Waals surface area contributed by atoms with E-state index < -0.39 is 5.43 Å². The van der Waals surface area contributed by atoms with Crippen molar-refractivity contribution in [2.24, 2.45) is 0 Å². The van der Waals surface area contributed by atoms with Crippen molar-refractivity contribution in [1.29, 1.82) is 0 Å². The topological polar surface area (TPSA) is 26.3 Å². The van der Waals surface area contributed by atoms with E-state index in [0.717, 1.165) is 12.8 Å². The highest BCUT2D eigenvalue weighted by molar-refractivity contribution is 6.61. The molecule has 1 aromatic carbocycles. The van der Waals surface area contributed by atoms with Crippen molar-refractivity contribution in [2.45, 2.75) is 25.7 Å². The van der Waals surface area contributed by atoms with Gasteiger partial charge in [-0.1, -0.05) is 6.07 Å². The quantitative estimate of drug-likeness (QED) is 0.665. The molecular weight excluding hydrogens is 200 g/mol. The zero-order chi connectivity index (χ0) is 9.97. The molecule has 3 heteroatoms. The van der Waals surface area contributed by atoms with Crippen molar-refractivity contribution in [3.8, 4) is 5.75 Å². The van der Waals surface area contributed by atoms with Gasteiger partial charge in [0.25, 0.3) is 0 Å². The Balaban J connectivity index is 2.24. The molecule has 0 saturated heterocycles. The van der Waals surface area contributed by atoms with E-state index in [1.54, 1.807) is 6.07 Å². The second-order valence-corrected chi connectivity index (χ2v) is 3.79. The van der Waals surface area contributed by atoms with Gasteiger partial charge in [-0.15, -0.1) is 0 Å².